The van der Waals surface area contributed by atoms with Crippen molar-refractivity contribution in [3.8, 4) is 17.5 Å². The molecule has 0 bridgehead atoms. The van der Waals surface area contributed by atoms with Crippen LogP contribution < -0.4 is 4.72 Å². The molecule has 3 aromatic heterocycles. The summed E-state index contributed by atoms with van der Waals surface area (Å²) < 4.78 is 31.7. The minimum absolute atomic E-state index is 0.0774. The lowest BCUT2D eigenvalue weighted by molar-refractivity contribution is 0.587. The minimum atomic E-state index is -3.85. The molecule has 3 heterocycles. The summed E-state index contributed by atoms with van der Waals surface area (Å²) in [5.74, 6) is 0.232. The Kier molecular flexibility index (Phi) is 4.82. The van der Waals surface area contributed by atoms with Crippen LogP contribution in [0.15, 0.2) is 59.6 Å². The number of nitrogens with one attached hydrogen (secondary N) is 1. The predicted molar refractivity (Wildman–Crippen MR) is 118 cm³/mol. The van der Waals surface area contributed by atoms with Crippen LogP contribution in [0, 0.1) is 11.3 Å². The van der Waals surface area contributed by atoms with E-state index in [0.717, 1.165) is 5.56 Å². The first kappa shape index (κ1) is 20.6. The molecule has 9 heteroatoms. The highest BCUT2D eigenvalue weighted by molar-refractivity contribution is 7.92. The summed E-state index contributed by atoms with van der Waals surface area (Å²) in [5, 5.41) is 18.3. The fraction of sp³-hybridized carbons (Fsp3) is 0.227. The quantitative estimate of drug-likeness (QED) is 0.527. The van der Waals surface area contributed by atoms with Crippen LogP contribution in [-0.2, 0) is 22.5 Å². The molecule has 0 spiro atoms. The zero-order valence-corrected chi connectivity index (χ0v) is 18.5. The highest BCUT2D eigenvalue weighted by atomic mass is 32.2. The monoisotopic (exact) mass is 434 g/mol. The fourth-order valence-electron chi connectivity index (χ4n) is 3.25. The Morgan fingerprint density at radius 2 is 1.71 bits per heavy atom. The maximum atomic E-state index is 13.0. The van der Waals surface area contributed by atoms with Crippen LogP contribution in [0.1, 0.15) is 31.9 Å². The average molecular weight is 435 g/mol. The van der Waals surface area contributed by atoms with E-state index in [2.05, 4.69) is 41.8 Å². The lowest BCUT2D eigenvalue weighted by Crippen LogP contribution is -2.17. The van der Waals surface area contributed by atoms with E-state index >= 15 is 0 Å². The van der Waals surface area contributed by atoms with E-state index in [0.29, 0.717) is 22.5 Å². The van der Waals surface area contributed by atoms with Gasteiger partial charge >= 0.3 is 0 Å². The molecule has 0 amide bonds. The van der Waals surface area contributed by atoms with Gasteiger partial charge < -0.3 is 0 Å². The number of rotatable bonds is 4. The summed E-state index contributed by atoms with van der Waals surface area (Å²) in [6.45, 7) is 6.21. The zero-order valence-electron chi connectivity index (χ0n) is 17.7. The van der Waals surface area contributed by atoms with Crippen molar-refractivity contribution < 1.29 is 8.42 Å². The van der Waals surface area contributed by atoms with E-state index < -0.39 is 10.0 Å². The van der Waals surface area contributed by atoms with Crippen LogP contribution in [0.2, 0.25) is 0 Å². The number of anilines is 1. The highest BCUT2D eigenvalue weighted by Crippen LogP contribution is 2.26. The van der Waals surface area contributed by atoms with Crippen molar-refractivity contribution in [1.82, 2.24) is 19.4 Å². The van der Waals surface area contributed by atoms with Gasteiger partial charge in [0.05, 0.1) is 16.0 Å². The van der Waals surface area contributed by atoms with Crippen LogP contribution in [0.3, 0.4) is 0 Å². The third-order valence-electron chi connectivity index (χ3n) is 4.99. The molecule has 8 nitrogen and oxygen atoms in total. The summed E-state index contributed by atoms with van der Waals surface area (Å²) in [6.07, 6.45) is 1.79. The lowest BCUT2D eigenvalue weighted by atomic mass is 9.87. The van der Waals surface area contributed by atoms with Gasteiger partial charge in [0.15, 0.2) is 0 Å². The molecule has 0 atom stereocenters. The van der Waals surface area contributed by atoms with Crippen molar-refractivity contribution in [2.75, 3.05) is 4.72 Å². The molecule has 4 rings (SSSR count). The van der Waals surface area contributed by atoms with Crippen LogP contribution in [-0.4, -0.2) is 27.8 Å². The number of nitrogens with zero attached hydrogens (tertiary/aromatic N) is 5. The van der Waals surface area contributed by atoms with Gasteiger partial charge in [-0.15, -0.1) is 0 Å². The standard InChI is InChI=1S/C22H22N6O2S/c1-22(2,3)16-6-8-17(9-7-16)31(29,30)26-21-10-5-15(14-23)20-13-19(25-28(20)21)18-11-12-27(4)24-18/h5-13,26H,1-4H3. The molecule has 0 fully saturated rings. The summed E-state index contributed by atoms with van der Waals surface area (Å²) >= 11 is 0. The molecule has 1 N–H and O–H groups in total. The Morgan fingerprint density at radius 3 is 2.29 bits per heavy atom. The number of aryl methyl sites for hydroxylation is 1. The molecule has 0 unspecified atom stereocenters. The normalized spacial score (nSPS) is 12.1. The number of pyridine rings is 1. The first-order valence-electron chi connectivity index (χ1n) is 9.65. The van der Waals surface area contributed by atoms with Crippen LogP contribution in [0.25, 0.3) is 16.9 Å². The molecule has 0 aliphatic heterocycles. The second-order valence-electron chi connectivity index (χ2n) is 8.33. The van der Waals surface area contributed by atoms with E-state index in [1.54, 1.807) is 48.3 Å². The van der Waals surface area contributed by atoms with Crippen LogP contribution in [0.4, 0.5) is 5.82 Å². The summed E-state index contributed by atoms with van der Waals surface area (Å²) in [6, 6.07) is 15.5. The first-order valence-corrected chi connectivity index (χ1v) is 11.1. The molecule has 0 radical (unpaired) electrons. The van der Waals surface area contributed by atoms with E-state index in [1.807, 2.05) is 12.1 Å². The molecule has 4 aromatic rings. The van der Waals surface area contributed by atoms with Gasteiger partial charge in [-0.25, -0.2) is 12.9 Å². The SMILES string of the molecule is Cn1ccc(-c2cc3c(C#N)ccc(NS(=O)(=O)c4ccc(C(C)(C)C)cc4)n3n2)n1. The number of nitriles is 1. The number of fused-ring (bicyclic) bond motifs is 1. The highest BCUT2D eigenvalue weighted by Gasteiger charge is 2.20. The predicted octanol–water partition coefficient (Wildman–Crippen LogP) is 3.70. The third-order valence-corrected chi connectivity index (χ3v) is 6.36. The number of benzene rings is 1. The van der Waals surface area contributed by atoms with Crippen molar-refractivity contribution in [2.24, 2.45) is 7.05 Å². The van der Waals surface area contributed by atoms with Crippen molar-refractivity contribution in [3.63, 3.8) is 0 Å². The van der Waals surface area contributed by atoms with Gasteiger partial charge in [-0.05, 0) is 47.4 Å². The van der Waals surface area contributed by atoms with Crippen molar-refractivity contribution >= 4 is 21.4 Å². The second-order valence-corrected chi connectivity index (χ2v) is 10.0. The van der Waals surface area contributed by atoms with Gasteiger partial charge in [0.1, 0.15) is 23.3 Å². The molecule has 31 heavy (non-hydrogen) atoms. The minimum Gasteiger partial charge on any atom is -0.275 e. The smallest absolute Gasteiger partial charge is 0.263 e. The fourth-order valence-corrected chi connectivity index (χ4v) is 4.30. The number of sulfonamides is 1. The van der Waals surface area contributed by atoms with Crippen LogP contribution in [0.5, 0.6) is 0 Å². The Hall–Kier alpha value is -3.64. The maximum absolute atomic E-state index is 13.0. The van der Waals surface area contributed by atoms with Gasteiger partial charge in [-0.3, -0.25) is 9.40 Å². The topological polar surface area (TPSA) is 105 Å². The Labute approximate surface area is 180 Å². The number of hydrogen-bond donors (Lipinski definition) is 1. The lowest BCUT2D eigenvalue weighted by Gasteiger charge is -2.19. The molecule has 0 aliphatic carbocycles. The molecule has 0 saturated heterocycles. The Morgan fingerprint density at radius 1 is 1.00 bits per heavy atom. The second kappa shape index (κ2) is 7.25. The molecule has 1 aromatic carbocycles. The van der Waals surface area contributed by atoms with Crippen molar-refractivity contribution in [1.29, 1.82) is 5.26 Å². The van der Waals surface area contributed by atoms with Gasteiger partial charge in [-0.1, -0.05) is 32.9 Å². The molecule has 158 valence electrons. The largest absolute Gasteiger partial charge is 0.275 e. The van der Waals surface area contributed by atoms with Crippen molar-refractivity contribution in [3.05, 3.63) is 65.9 Å². The molecule has 0 saturated carbocycles. The van der Waals surface area contributed by atoms with Gasteiger partial charge in [-0.2, -0.15) is 15.5 Å². The summed E-state index contributed by atoms with van der Waals surface area (Å²) in [7, 11) is -2.06. The molecule has 0 aliphatic rings. The molecular formula is C22H22N6O2S. The van der Waals surface area contributed by atoms with E-state index in [4.69, 9.17) is 0 Å². The summed E-state index contributed by atoms with van der Waals surface area (Å²) in [5.41, 5.74) is 3.00. The first-order chi connectivity index (χ1) is 14.6. The van der Waals surface area contributed by atoms with Crippen LogP contribution >= 0.6 is 0 Å². The van der Waals surface area contributed by atoms with E-state index in [9.17, 15) is 13.7 Å². The van der Waals surface area contributed by atoms with E-state index in [-0.39, 0.29) is 16.1 Å². The average Bonchev–Trinajstić information content (AvgIpc) is 3.34. The van der Waals surface area contributed by atoms with Gasteiger partial charge in [0.2, 0.25) is 0 Å². The zero-order chi connectivity index (χ0) is 22.4. The Bertz CT molecular complexity index is 1420. The van der Waals surface area contributed by atoms with Gasteiger partial charge in [0, 0.05) is 13.2 Å². The van der Waals surface area contributed by atoms with Gasteiger partial charge in [0.25, 0.3) is 10.0 Å². The summed E-state index contributed by atoms with van der Waals surface area (Å²) in [4.78, 5) is 0.148. The molecular weight excluding hydrogens is 412 g/mol. The Balaban J connectivity index is 1.75. The third kappa shape index (κ3) is 3.90. The maximum Gasteiger partial charge on any atom is 0.263 e. The van der Waals surface area contributed by atoms with E-state index in [1.165, 1.54) is 10.6 Å². The number of aromatic nitrogens is 4. The number of hydrogen-bond acceptors (Lipinski definition) is 5. The van der Waals surface area contributed by atoms with Crippen molar-refractivity contribution in [2.45, 2.75) is 31.1 Å².